The van der Waals surface area contributed by atoms with Gasteiger partial charge in [-0.05, 0) is 19.8 Å². The standard InChI is InChI=1S/C14H22N2O4/c1-2-20-11(17)10-16-12(18)14(15-13(16)19)8-6-4-3-5-7-9-14/h2-10H2,1H3,(H,15,19). The number of carbonyl (C=O) groups is 3. The van der Waals surface area contributed by atoms with Gasteiger partial charge in [0.05, 0.1) is 6.61 Å². The molecule has 1 saturated carbocycles. The Morgan fingerprint density at radius 1 is 1.20 bits per heavy atom. The highest BCUT2D eigenvalue weighted by atomic mass is 16.5. The van der Waals surface area contributed by atoms with Crippen LogP contribution < -0.4 is 5.32 Å². The molecule has 20 heavy (non-hydrogen) atoms. The molecule has 1 saturated heterocycles. The van der Waals surface area contributed by atoms with Gasteiger partial charge in [0.25, 0.3) is 5.91 Å². The minimum absolute atomic E-state index is 0.244. The van der Waals surface area contributed by atoms with E-state index >= 15 is 0 Å². The zero-order valence-corrected chi connectivity index (χ0v) is 11.9. The zero-order valence-electron chi connectivity index (χ0n) is 11.9. The van der Waals surface area contributed by atoms with Crippen LogP contribution in [-0.4, -0.2) is 41.5 Å². The molecule has 3 amide bonds. The quantitative estimate of drug-likeness (QED) is 0.630. The van der Waals surface area contributed by atoms with Crippen LogP contribution in [0.2, 0.25) is 0 Å². The van der Waals surface area contributed by atoms with Crippen LogP contribution in [0.15, 0.2) is 0 Å². The largest absolute Gasteiger partial charge is 0.465 e. The van der Waals surface area contributed by atoms with Crippen LogP contribution in [0.4, 0.5) is 4.79 Å². The first-order valence-electron chi connectivity index (χ1n) is 7.39. The fourth-order valence-electron chi connectivity index (χ4n) is 3.00. The van der Waals surface area contributed by atoms with Gasteiger partial charge in [-0.1, -0.05) is 32.1 Å². The molecular weight excluding hydrogens is 260 g/mol. The Labute approximate surface area is 118 Å². The van der Waals surface area contributed by atoms with Gasteiger partial charge in [-0.3, -0.25) is 14.5 Å². The van der Waals surface area contributed by atoms with E-state index in [1.807, 2.05) is 0 Å². The highest BCUT2D eigenvalue weighted by Crippen LogP contribution is 2.31. The van der Waals surface area contributed by atoms with Crippen LogP contribution in [0, 0.1) is 0 Å². The molecule has 112 valence electrons. The van der Waals surface area contributed by atoms with E-state index in [-0.39, 0.29) is 19.1 Å². The monoisotopic (exact) mass is 282 g/mol. The Hall–Kier alpha value is -1.59. The van der Waals surface area contributed by atoms with Gasteiger partial charge >= 0.3 is 12.0 Å². The molecule has 2 rings (SSSR count). The Morgan fingerprint density at radius 3 is 2.40 bits per heavy atom. The van der Waals surface area contributed by atoms with Crippen LogP contribution >= 0.6 is 0 Å². The van der Waals surface area contributed by atoms with E-state index < -0.39 is 17.5 Å². The third-order valence-electron chi connectivity index (χ3n) is 4.05. The first-order valence-corrected chi connectivity index (χ1v) is 7.39. The van der Waals surface area contributed by atoms with E-state index in [1.165, 1.54) is 6.42 Å². The van der Waals surface area contributed by atoms with Crippen molar-refractivity contribution >= 4 is 17.9 Å². The van der Waals surface area contributed by atoms with E-state index in [4.69, 9.17) is 4.74 Å². The van der Waals surface area contributed by atoms with Gasteiger partial charge < -0.3 is 10.1 Å². The molecule has 0 unspecified atom stereocenters. The van der Waals surface area contributed by atoms with Gasteiger partial charge in [0, 0.05) is 0 Å². The van der Waals surface area contributed by atoms with Gasteiger partial charge in [0.15, 0.2) is 0 Å². The molecule has 1 N–H and O–H groups in total. The number of nitrogens with zero attached hydrogens (tertiary/aromatic N) is 1. The highest BCUT2D eigenvalue weighted by Gasteiger charge is 2.50. The van der Waals surface area contributed by atoms with Crippen molar-refractivity contribution < 1.29 is 19.1 Å². The summed E-state index contributed by atoms with van der Waals surface area (Å²) in [6, 6.07) is -0.469. The number of amides is 3. The topological polar surface area (TPSA) is 75.7 Å². The molecule has 1 spiro atoms. The number of rotatable bonds is 3. The maximum Gasteiger partial charge on any atom is 0.326 e. The van der Waals surface area contributed by atoms with Gasteiger partial charge in [0.1, 0.15) is 12.1 Å². The summed E-state index contributed by atoms with van der Waals surface area (Å²) in [6.07, 6.45) is 6.54. The van der Waals surface area contributed by atoms with E-state index in [2.05, 4.69) is 5.32 Å². The summed E-state index contributed by atoms with van der Waals surface area (Å²) in [5, 5.41) is 2.81. The summed E-state index contributed by atoms with van der Waals surface area (Å²) in [7, 11) is 0. The Kier molecular flexibility index (Phi) is 4.62. The number of nitrogens with one attached hydrogen (secondary N) is 1. The van der Waals surface area contributed by atoms with Crippen LogP contribution in [0.25, 0.3) is 0 Å². The summed E-state index contributed by atoms with van der Waals surface area (Å²) in [5.74, 6) is -0.809. The summed E-state index contributed by atoms with van der Waals surface area (Å²) in [4.78, 5) is 37.0. The van der Waals surface area contributed by atoms with E-state index in [1.54, 1.807) is 6.92 Å². The molecule has 0 radical (unpaired) electrons. The number of carbonyl (C=O) groups excluding carboxylic acids is 3. The molecule has 1 aliphatic heterocycles. The Balaban J connectivity index is 2.08. The van der Waals surface area contributed by atoms with Gasteiger partial charge in [-0.25, -0.2) is 4.79 Å². The average Bonchev–Trinajstić information content (AvgIpc) is 2.60. The number of ether oxygens (including phenoxy) is 1. The minimum Gasteiger partial charge on any atom is -0.465 e. The highest BCUT2D eigenvalue weighted by molar-refractivity contribution is 6.08. The molecule has 0 aromatic heterocycles. The lowest BCUT2D eigenvalue weighted by molar-refractivity contribution is -0.147. The minimum atomic E-state index is -0.788. The number of hydrogen-bond donors (Lipinski definition) is 1. The first-order chi connectivity index (χ1) is 9.59. The lowest BCUT2D eigenvalue weighted by Crippen LogP contribution is -2.47. The fraction of sp³-hybridized carbons (Fsp3) is 0.786. The van der Waals surface area contributed by atoms with Gasteiger partial charge in [-0.2, -0.15) is 0 Å². The SMILES string of the molecule is CCOC(=O)CN1C(=O)NC2(CCCCCCC2)C1=O. The molecule has 2 fully saturated rings. The second kappa shape index (κ2) is 6.24. The van der Waals surface area contributed by atoms with Crippen LogP contribution in [-0.2, 0) is 14.3 Å². The molecule has 0 atom stereocenters. The predicted molar refractivity (Wildman–Crippen MR) is 71.9 cm³/mol. The molecule has 1 aliphatic carbocycles. The van der Waals surface area contributed by atoms with Crippen molar-refractivity contribution in [3.8, 4) is 0 Å². The van der Waals surface area contributed by atoms with Gasteiger partial charge in [0.2, 0.25) is 0 Å². The maximum atomic E-state index is 12.5. The number of hydrogen-bond acceptors (Lipinski definition) is 4. The summed E-state index contributed by atoms with van der Waals surface area (Å²) in [6.45, 7) is 1.65. The molecule has 1 heterocycles. The summed E-state index contributed by atoms with van der Waals surface area (Å²) >= 11 is 0. The lowest BCUT2D eigenvalue weighted by Gasteiger charge is -2.28. The van der Waals surface area contributed by atoms with Crippen LogP contribution in [0.5, 0.6) is 0 Å². The van der Waals surface area contributed by atoms with E-state index in [0.717, 1.165) is 30.6 Å². The number of urea groups is 1. The molecular formula is C14H22N2O4. The van der Waals surface area contributed by atoms with Crippen molar-refractivity contribution in [1.29, 1.82) is 0 Å². The molecule has 2 aliphatic rings. The summed E-state index contributed by atoms with van der Waals surface area (Å²) in [5.41, 5.74) is -0.788. The van der Waals surface area contributed by atoms with Crippen molar-refractivity contribution in [3.63, 3.8) is 0 Å². The lowest BCUT2D eigenvalue weighted by atomic mass is 9.84. The Bertz CT molecular complexity index is 400. The third kappa shape index (κ3) is 2.94. The average molecular weight is 282 g/mol. The predicted octanol–water partition coefficient (Wildman–Crippen LogP) is 1.58. The molecule has 0 aromatic carbocycles. The van der Waals surface area contributed by atoms with E-state index in [0.29, 0.717) is 12.8 Å². The van der Waals surface area contributed by atoms with Crippen LogP contribution in [0.1, 0.15) is 51.9 Å². The molecule has 0 bridgehead atoms. The smallest absolute Gasteiger partial charge is 0.326 e. The van der Waals surface area contributed by atoms with Crippen molar-refractivity contribution in [3.05, 3.63) is 0 Å². The van der Waals surface area contributed by atoms with Crippen LogP contribution in [0.3, 0.4) is 0 Å². The maximum absolute atomic E-state index is 12.5. The second-order valence-electron chi connectivity index (χ2n) is 5.48. The van der Waals surface area contributed by atoms with Gasteiger partial charge in [-0.15, -0.1) is 0 Å². The second-order valence-corrected chi connectivity index (χ2v) is 5.48. The first kappa shape index (κ1) is 14.8. The van der Waals surface area contributed by atoms with Crippen molar-refractivity contribution in [1.82, 2.24) is 10.2 Å². The molecule has 6 heteroatoms. The van der Waals surface area contributed by atoms with Crippen molar-refractivity contribution in [2.75, 3.05) is 13.2 Å². The fourth-order valence-corrected chi connectivity index (χ4v) is 3.00. The molecule has 0 aromatic rings. The summed E-state index contributed by atoms with van der Waals surface area (Å²) < 4.78 is 4.81. The number of imide groups is 1. The normalized spacial score (nSPS) is 22.4. The Morgan fingerprint density at radius 2 is 1.80 bits per heavy atom. The van der Waals surface area contributed by atoms with E-state index in [9.17, 15) is 14.4 Å². The number of esters is 1. The molecule has 6 nitrogen and oxygen atoms in total. The zero-order chi connectivity index (χ0) is 14.6. The van der Waals surface area contributed by atoms with Crippen molar-refractivity contribution in [2.45, 2.75) is 57.4 Å². The third-order valence-corrected chi connectivity index (χ3v) is 4.05. The van der Waals surface area contributed by atoms with Crippen molar-refractivity contribution in [2.24, 2.45) is 0 Å².